The van der Waals surface area contributed by atoms with Crippen LogP contribution >= 0.6 is 22.2 Å². The van der Waals surface area contributed by atoms with E-state index in [0.717, 1.165) is 10.9 Å². The predicted octanol–water partition coefficient (Wildman–Crippen LogP) is 2.64. The number of H-pyrrole nitrogens is 1. The molecule has 0 radical (unpaired) electrons. The van der Waals surface area contributed by atoms with Crippen molar-refractivity contribution in [3.05, 3.63) is 41.2 Å². The second-order valence-electron chi connectivity index (χ2n) is 7.08. The molecule has 1 aliphatic rings. The van der Waals surface area contributed by atoms with Crippen molar-refractivity contribution in [2.45, 2.75) is 18.5 Å². The molecule has 29 heavy (non-hydrogen) atoms. The Bertz CT molecular complexity index is 1090. The fourth-order valence-corrected chi connectivity index (χ4v) is 5.38. The average Bonchev–Trinajstić information content (AvgIpc) is 3.10. The molecule has 2 atom stereocenters. The molecule has 1 aliphatic heterocycles. The third-order valence-electron chi connectivity index (χ3n) is 4.95. The van der Waals surface area contributed by atoms with Gasteiger partial charge in [0.1, 0.15) is 11.5 Å². The highest BCUT2D eigenvalue weighted by molar-refractivity contribution is 8.24. The molecule has 1 aromatic carbocycles. The van der Waals surface area contributed by atoms with Gasteiger partial charge in [0, 0.05) is 27.7 Å². The van der Waals surface area contributed by atoms with Crippen LogP contribution in [0.25, 0.3) is 22.3 Å². The molecule has 0 bridgehead atoms. The molecule has 0 saturated carbocycles. The largest absolute Gasteiger partial charge is 0.364 e. The third-order valence-corrected chi connectivity index (χ3v) is 7.06. The maximum Gasteiger partial charge on any atom is 0.269 e. The van der Waals surface area contributed by atoms with Gasteiger partial charge in [-0.2, -0.15) is 10.6 Å². The van der Waals surface area contributed by atoms with Gasteiger partial charge in [-0.1, -0.05) is 17.7 Å². The van der Waals surface area contributed by atoms with Crippen molar-refractivity contribution in [1.82, 2.24) is 15.0 Å². The van der Waals surface area contributed by atoms with Crippen molar-refractivity contribution in [2.75, 3.05) is 16.8 Å². The van der Waals surface area contributed by atoms with E-state index in [4.69, 9.17) is 23.1 Å². The molecule has 8 N–H and O–H groups in total. The summed E-state index contributed by atoms with van der Waals surface area (Å²) < 4.78 is 20.1. The number of hydrogen-bond acceptors (Lipinski definition) is 7. The highest BCUT2D eigenvalue weighted by atomic mass is 35.5. The van der Waals surface area contributed by atoms with E-state index in [0.29, 0.717) is 28.7 Å². The van der Waals surface area contributed by atoms with Gasteiger partial charge in [0.15, 0.2) is 5.69 Å². The Hall–Kier alpha value is -2.37. The van der Waals surface area contributed by atoms with Gasteiger partial charge in [0.25, 0.3) is 5.91 Å². The molecule has 1 amide bonds. The SMILES string of the molecule is NC(=O)c1ncc(N[C@@H]2CS(O)(O)CC[C@@H]2N)nc1-c1cc2c(Cl)cccc2[nH]1. The van der Waals surface area contributed by atoms with Crippen molar-refractivity contribution in [1.29, 1.82) is 0 Å². The molecule has 3 heterocycles. The van der Waals surface area contributed by atoms with Crippen molar-refractivity contribution in [3.63, 3.8) is 0 Å². The number of amides is 1. The zero-order chi connectivity index (χ0) is 20.8. The highest BCUT2D eigenvalue weighted by Crippen LogP contribution is 2.44. The molecule has 0 spiro atoms. The predicted molar refractivity (Wildman–Crippen MR) is 115 cm³/mol. The molecule has 4 rings (SSSR count). The number of carbonyl (C=O) groups is 1. The summed E-state index contributed by atoms with van der Waals surface area (Å²) in [7, 11) is -2.68. The first-order chi connectivity index (χ1) is 13.7. The maximum atomic E-state index is 11.9. The van der Waals surface area contributed by atoms with Crippen LogP contribution in [0.15, 0.2) is 30.5 Å². The van der Waals surface area contributed by atoms with Crippen molar-refractivity contribution in [2.24, 2.45) is 11.5 Å². The van der Waals surface area contributed by atoms with Crippen LogP contribution in [-0.4, -0.2) is 53.6 Å². The molecule has 0 unspecified atom stereocenters. The minimum Gasteiger partial charge on any atom is -0.364 e. The topological polar surface area (TPSA) is 163 Å². The lowest BCUT2D eigenvalue weighted by atomic mass is 10.1. The van der Waals surface area contributed by atoms with Gasteiger partial charge in [0.2, 0.25) is 0 Å². The summed E-state index contributed by atoms with van der Waals surface area (Å²) in [6, 6.07) is 6.57. The van der Waals surface area contributed by atoms with Gasteiger partial charge in [0.05, 0.1) is 23.7 Å². The molecule has 1 saturated heterocycles. The number of nitrogens with one attached hydrogen (secondary N) is 2. The maximum absolute atomic E-state index is 11.9. The molecule has 9 nitrogen and oxygen atoms in total. The average molecular weight is 437 g/mol. The van der Waals surface area contributed by atoms with E-state index in [9.17, 15) is 13.9 Å². The minimum absolute atomic E-state index is 0.00968. The molecule has 0 aliphatic carbocycles. The normalized spacial score (nSPS) is 22.3. The van der Waals surface area contributed by atoms with Crippen molar-refractivity contribution < 1.29 is 13.9 Å². The monoisotopic (exact) mass is 436 g/mol. The van der Waals surface area contributed by atoms with E-state index in [2.05, 4.69) is 20.3 Å². The summed E-state index contributed by atoms with van der Waals surface area (Å²) in [4.78, 5) is 23.7. The fraction of sp³-hybridized carbons (Fsp3) is 0.278. The molecule has 3 aromatic rings. The molecule has 1 fully saturated rings. The van der Waals surface area contributed by atoms with Crippen molar-refractivity contribution in [3.8, 4) is 11.4 Å². The standard InChI is InChI=1S/C18H21ClN6O3S/c19-10-2-1-3-12-9(10)6-13(23-12)16-17(18(21)26)22-7-15(25-16)24-14-8-29(27,28)5-4-11(14)20/h1-3,6-7,11,14,23,27-28H,4-5,8,20H2,(H2,21,26)(H,24,25)/t11-,14+/m0/s1. The Morgan fingerprint density at radius 3 is 2.90 bits per heavy atom. The van der Waals surface area contributed by atoms with Crippen LogP contribution < -0.4 is 16.8 Å². The van der Waals surface area contributed by atoms with Crippen LogP contribution in [0.1, 0.15) is 16.9 Å². The van der Waals surface area contributed by atoms with Crippen LogP contribution in [0.2, 0.25) is 5.02 Å². The summed E-state index contributed by atoms with van der Waals surface area (Å²) in [5.74, 6) is 0.0597. The van der Waals surface area contributed by atoms with E-state index in [1.165, 1.54) is 6.20 Å². The smallest absolute Gasteiger partial charge is 0.269 e. The fourth-order valence-electron chi connectivity index (χ4n) is 3.43. The lowest BCUT2D eigenvalue weighted by molar-refractivity contribution is 0.0996. The first-order valence-electron chi connectivity index (χ1n) is 8.94. The van der Waals surface area contributed by atoms with E-state index in [1.807, 2.05) is 12.1 Å². The molecule has 11 heteroatoms. The van der Waals surface area contributed by atoms with Gasteiger partial charge in [-0.3, -0.25) is 13.9 Å². The number of primary amides is 1. The second kappa shape index (κ2) is 7.47. The Morgan fingerprint density at radius 1 is 1.38 bits per heavy atom. The lowest BCUT2D eigenvalue weighted by Gasteiger charge is -2.43. The number of aromatic nitrogens is 3. The Labute approximate surface area is 173 Å². The Morgan fingerprint density at radius 2 is 2.17 bits per heavy atom. The molecular formula is C18H21ClN6O3S. The summed E-state index contributed by atoms with van der Waals surface area (Å²) in [5, 5.41) is 4.46. The number of hydrogen-bond donors (Lipinski definition) is 6. The number of halogens is 1. The number of fused-ring (bicyclic) bond motifs is 1. The lowest BCUT2D eigenvalue weighted by Crippen LogP contribution is -2.48. The van der Waals surface area contributed by atoms with Crippen LogP contribution in [-0.2, 0) is 0 Å². The Balaban J connectivity index is 1.73. The summed E-state index contributed by atoms with van der Waals surface area (Å²) >= 11 is 6.24. The number of anilines is 1. The van der Waals surface area contributed by atoms with Crippen molar-refractivity contribution >= 4 is 44.8 Å². The number of rotatable bonds is 4. The van der Waals surface area contributed by atoms with E-state index in [-0.39, 0.29) is 29.2 Å². The number of nitrogens with zero attached hydrogens (tertiary/aromatic N) is 2. The minimum atomic E-state index is -2.68. The zero-order valence-corrected chi connectivity index (χ0v) is 16.9. The molecule has 2 aromatic heterocycles. The van der Waals surface area contributed by atoms with E-state index in [1.54, 1.807) is 12.1 Å². The van der Waals surface area contributed by atoms with E-state index < -0.39 is 16.5 Å². The number of carbonyl (C=O) groups excluding carboxylic acids is 1. The summed E-state index contributed by atoms with van der Waals surface area (Å²) in [5.41, 5.74) is 13.2. The van der Waals surface area contributed by atoms with Gasteiger partial charge >= 0.3 is 0 Å². The van der Waals surface area contributed by atoms with Gasteiger partial charge in [-0.25, -0.2) is 9.97 Å². The van der Waals surface area contributed by atoms with Crippen LogP contribution in [0.4, 0.5) is 5.82 Å². The first-order valence-corrected chi connectivity index (χ1v) is 11.2. The van der Waals surface area contributed by atoms with Crippen LogP contribution in [0, 0.1) is 0 Å². The van der Waals surface area contributed by atoms with Crippen LogP contribution in [0.5, 0.6) is 0 Å². The number of nitrogens with two attached hydrogens (primary N) is 2. The van der Waals surface area contributed by atoms with Gasteiger partial charge in [-0.15, -0.1) is 0 Å². The second-order valence-corrected chi connectivity index (χ2v) is 9.83. The molecular weight excluding hydrogens is 416 g/mol. The Kier molecular flexibility index (Phi) is 5.13. The van der Waals surface area contributed by atoms with E-state index >= 15 is 0 Å². The summed E-state index contributed by atoms with van der Waals surface area (Å²) in [6.07, 6.45) is 1.87. The highest BCUT2D eigenvalue weighted by Gasteiger charge is 2.31. The van der Waals surface area contributed by atoms with Gasteiger partial charge in [-0.05, 0) is 24.6 Å². The number of aromatic amines is 1. The third kappa shape index (κ3) is 4.02. The van der Waals surface area contributed by atoms with Crippen LogP contribution in [0.3, 0.4) is 0 Å². The zero-order valence-electron chi connectivity index (χ0n) is 15.3. The molecule has 154 valence electrons. The first kappa shape index (κ1) is 19.9. The number of benzene rings is 1. The quantitative estimate of drug-likeness (QED) is 0.366. The van der Waals surface area contributed by atoms with Gasteiger partial charge < -0.3 is 21.8 Å². The summed E-state index contributed by atoms with van der Waals surface area (Å²) in [6.45, 7) is 0.